The second-order valence-corrected chi connectivity index (χ2v) is 39.7. The van der Waals surface area contributed by atoms with Crippen molar-refractivity contribution in [1.29, 1.82) is 0 Å². The van der Waals surface area contributed by atoms with Gasteiger partial charge in [-0.3, -0.25) is 0 Å². The molecule has 140 heavy (non-hydrogen) atoms. The van der Waals surface area contributed by atoms with Crippen LogP contribution < -0.4 is 0 Å². The summed E-state index contributed by atoms with van der Waals surface area (Å²) in [6, 6.07) is 69.8. The van der Waals surface area contributed by atoms with Crippen LogP contribution in [0.3, 0.4) is 0 Å². The van der Waals surface area contributed by atoms with E-state index in [9.17, 15) is 11.1 Å². The van der Waals surface area contributed by atoms with Crippen LogP contribution in [0.1, 0.15) is 506 Å². The van der Waals surface area contributed by atoms with Crippen LogP contribution in [-0.4, -0.2) is 25.6 Å². The fraction of sp³-hybridized carbons (Fsp3) is 0.576. The molecule has 0 fully saturated rings. The SMILES string of the molecule is CCCCC1=C(c2cc(CC)cc(CC)c2)[N+](=[N-])C(c2cc(CCCC)cc(CCCC)c2)=C1CCCC.CCCCCCCCCCCCCCCCCCCCCCCCCCCCCCC(=C=[N+]=[N-])C(CCCCCC)=C(c1cc(CC)cc(CC)c1)c1cc(CCCCCC)cc(CCCCCC)c1.Cc1cc[c-]cc1.Cc1cc[c-]cc1.OCc1ccccc1.OCc1ccccc1.[Ni].[Pd+2]. The number of nitrogens with zero attached hydrogens (tertiary/aromatic N) is 4. The Hall–Kier alpha value is -7.18. The average molecular weight is 2040 g/mol. The Morgan fingerprint density at radius 3 is 0.829 bits per heavy atom. The minimum absolute atomic E-state index is 0. The normalized spacial score (nSPS) is 11.6. The molecule has 0 radical (unpaired) electrons. The van der Waals surface area contributed by atoms with Crippen molar-refractivity contribution in [2.75, 3.05) is 0 Å². The first-order valence-corrected chi connectivity index (χ1v) is 57.0. The molecule has 8 aromatic rings. The van der Waals surface area contributed by atoms with Crippen molar-refractivity contribution in [2.45, 2.75) is 495 Å². The third-order valence-electron chi connectivity index (χ3n) is 27.4. The Kier molecular flexibility index (Phi) is 80.3. The summed E-state index contributed by atoms with van der Waals surface area (Å²) in [7, 11) is 0. The van der Waals surface area contributed by atoms with E-state index in [4.69, 9.17) is 10.2 Å². The van der Waals surface area contributed by atoms with E-state index in [1.807, 2.05) is 109 Å². The van der Waals surface area contributed by atoms with Crippen LogP contribution in [0.4, 0.5) is 0 Å². The maximum absolute atomic E-state index is 12.1. The van der Waals surface area contributed by atoms with Gasteiger partial charge in [0.25, 0.3) is 0 Å². The first-order chi connectivity index (χ1) is 67.7. The van der Waals surface area contributed by atoms with Crippen molar-refractivity contribution in [3.63, 3.8) is 0 Å². The first kappa shape index (κ1) is 129. The molecule has 1 aliphatic heterocycles. The van der Waals surface area contributed by atoms with Gasteiger partial charge in [-0.05, 0) is 231 Å². The van der Waals surface area contributed by atoms with Crippen LogP contribution >= 0.6 is 0 Å². The second-order valence-electron chi connectivity index (χ2n) is 39.7. The topological polar surface area (TPSA) is 102 Å². The summed E-state index contributed by atoms with van der Waals surface area (Å²) in [5.41, 5.74) is 51.9. The molecule has 0 atom stereocenters. The van der Waals surface area contributed by atoms with Gasteiger partial charge < -0.3 is 21.3 Å². The molecule has 1 heterocycles. The maximum Gasteiger partial charge on any atom is 2.00 e. The molecule has 778 valence electrons. The van der Waals surface area contributed by atoms with Crippen molar-refractivity contribution in [3.8, 4) is 0 Å². The molecule has 0 saturated carbocycles. The Morgan fingerprint density at radius 1 is 0.293 bits per heavy atom. The molecule has 0 unspecified atom stereocenters. The van der Waals surface area contributed by atoms with E-state index in [-0.39, 0.29) is 50.1 Å². The zero-order valence-electron chi connectivity index (χ0n) is 91.5. The number of unbranched alkanes of at least 4 members (excludes halogenated alkanes) is 40. The molecule has 0 spiro atoms. The smallest absolute Gasteiger partial charge is 0.493 e. The van der Waals surface area contributed by atoms with Gasteiger partial charge in [0.05, 0.1) is 18.8 Å². The van der Waals surface area contributed by atoms with Crippen LogP contribution in [-0.2, 0) is 101 Å². The molecular formula is C132H198N4NiO2Pd. The molecule has 0 saturated heterocycles. The average Bonchev–Trinajstić information content (AvgIpc) is 1.62. The predicted molar refractivity (Wildman–Crippen MR) is 604 cm³/mol. The number of hydrogen-bond donors (Lipinski definition) is 2. The van der Waals surface area contributed by atoms with Crippen molar-refractivity contribution in [3.05, 3.63) is 316 Å². The predicted octanol–water partition coefficient (Wildman–Crippen LogP) is 40.0. The van der Waals surface area contributed by atoms with Gasteiger partial charge in [0.15, 0.2) is 0 Å². The first-order valence-electron chi connectivity index (χ1n) is 57.0. The van der Waals surface area contributed by atoms with E-state index in [1.165, 1.54) is 370 Å². The van der Waals surface area contributed by atoms with Gasteiger partial charge >= 0.3 is 26.3 Å². The number of allylic oxidation sites excluding steroid dienone is 4. The van der Waals surface area contributed by atoms with Crippen LogP contribution in [0, 0.1) is 26.0 Å². The molecule has 1 aliphatic rings. The zero-order chi connectivity index (χ0) is 99.7. The standard InChI is InChI=1S/C68H116N2.C36H52N2.2C7H8O.2C7H7.Ni.Pd/c1-7-13-17-21-22-23-24-25-26-27-28-29-30-31-32-33-34-35-36-37-38-39-40-41-42-43-44-47-51-64(59-70-69)67(52-48-20-16-10-4)68(65-55-60(11-5)53-61(12-6)56-65)66-57-62(49-45-18-14-8-2)54-63(58-66)50-46-19-15-9-3;1-7-13-17-29-22-30(18-14-8-2)26-32(25-29)36-34(20-16-10-4)33(19-15-9-3)35(38(36)37)31-23-27(11-5)21-28(12-6)24-31;2*8-6-7-4-2-1-3-5-7;2*1-7-5-3-2-4-6-7;;/h53-58H,7-52H2,1-6H3;21-26H,7-20H2,1-6H3;2*1-5,8H,6H2;2*3-6H,1H3;;/q;;;;2*-1;;+2. The van der Waals surface area contributed by atoms with E-state index in [0.717, 1.165) is 144 Å². The Bertz CT molecular complexity index is 4410. The minimum Gasteiger partial charge on any atom is -0.493 e. The fourth-order valence-electron chi connectivity index (χ4n) is 18.9. The molecular weight excluding hydrogens is 1840 g/mol. The van der Waals surface area contributed by atoms with Crippen LogP contribution in [0.2, 0.25) is 0 Å². The molecule has 6 nitrogen and oxygen atoms in total. The molecule has 9 rings (SSSR count). The van der Waals surface area contributed by atoms with Crippen molar-refractivity contribution >= 4 is 22.8 Å². The van der Waals surface area contributed by atoms with Gasteiger partial charge in [-0.25, -0.2) is 4.70 Å². The Balaban J connectivity index is 0.000000767. The zero-order valence-corrected chi connectivity index (χ0v) is 94.0. The quantitative estimate of drug-likeness (QED) is 0.00580. The number of benzene rings is 8. The molecule has 8 aromatic carbocycles. The molecule has 0 amide bonds. The number of hydrogen-bond acceptors (Lipinski definition) is 2. The Morgan fingerprint density at radius 2 is 0.543 bits per heavy atom. The van der Waals surface area contributed by atoms with Gasteiger partial charge in [-0.2, -0.15) is 71.8 Å². The molecule has 8 heteroatoms. The summed E-state index contributed by atoms with van der Waals surface area (Å²) in [6.07, 6.45) is 76.8. The summed E-state index contributed by atoms with van der Waals surface area (Å²) >= 11 is 0. The number of aliphatic hydroxyl groups is 2. The number of aliphatic hydroxyl groups excluding tert-OH is 2. The second kappa shape index (κ2) is 87.2. The van der Waals surface area contributed by atoms with Gasteiger partial charge in [0, 0.05) is 38.8 Å². The third kappa shape index (κ3) is 57.5. The third-order valence-corrected chi connectivity index (χ3v) is 27.4. The maximum atomic E-state index is 12.1. The van der Waals surface area contributed by atoms with E-state index >= 15 is 0 Å². The van der Waals surface area contributed by atoms with E-state index in [1.54, 1.807) is 4.70 Å². The molecule has 0 aromatic heterocycles. The fourth-order valence-corrected chi connectivity index (χ4v) is 18.9. The Labute approximate surface area is 884 Å². The summed E-state index contributed by atoms with van der Waals surface area (Å²) in [6.45, 7) is 31.8. The van der Waals surface area contributed by atoms with E-state index < -0.39 is 0 Å². The monoisotopic (exact) mass is 2040 g/mol. The van der Waals surface area contributed by atoms with Crippen LogP contribution in [0.5, 0.6) is 0 Å². The molecule has 0 bridgehead atoms. The summed E-state index contributed by atoms with van der Waals surface area (Å²) in [5.74, 6) is 3.24. The minimum atomic E-state index is 0. The van der Waals surface area contributed by atoms with Gasteiger partial charge in [-0.15, -0.1) is 4.79 Å². The molecule has 0 aliphatic carbocycles. The number of rotatable bonds is 67. The van der Waals surface area contributed by atoms with Crippen LogP contribution in [0.15, 0.2) is 204 Å². The van der Waals surface area contributed by atoms with E-state index in [2.05, 4.69) is 193 Å². The van der Waals surface area contributed by atoms with Gasteiger partial charge in [-0.1, -0.05) is 463 Å². The summed E-state index contributed by atoms with van der Waals surface area (Å²) in [5, 5.41) is 17.1. The van der Waals surface area contributed by atoms with Crippen molar-refractivity contribution in [1.82, 2.24) is 0 Å². The van der Waals surface area contributed by atoms with Crippen molar-refractivity contribution < 1.29 is 56.6 Å². The molecule has 2 N–H and O–H groups in total. The number of aryl methyl sites for hydroxylation is 10. The van der Waals surface area contributed by atoms with Gasteiger partial charge in [0.2, 0.25) is 11.4 Å². The van der Waals surface area contributed by atoms with Crippen LogP contribution in [0.25, 0.3) is 28.0 Å². The van der Waals surface area contributed by atoms with Crippen molar-refractivity contribution in [2.24, 2.45) is 0 Å². The largest absolute Gasteiger partial charge is 2.00 e. The summed E-state index contributed by atoms with van der Waals surface area (Å²) in [4.78, 5) is 3.69. The van der Waals surface area contributed by atoms with E-state index in [0.29, 0.717) is 0 Å². The van der Waals surface area contributed by atoms with Gasteiger partial charge in [0.1, 0.15) is 0 Å². The summed E-state index contributed by atoms with van der Waals surface area (Å²) < 4.78 is 1.59.